The number of hydrogen-bond donors (Lipinski definition) is 0. The zero-order valence-electron chi connectivity index (χ0n) is 6.82. The Morgan fingerprint density at radius 2 is 2.00 bits per heavy atom. The van der Waals surface area contributed by atoms with Gasteiger partial charge < -0.3 is 0 Å². The summed E-state index contributed by atoms with van der Waals surface area (Å²) in [5.41, 5.74) is 4.06. The highest BCUT2D eigenvalue weighted by molar-refractivity contribution is 7.67. The Hall–Kier alpha value is -0.0600. The lowest BCUT2D eigenvalue weighted by Crippen LogP contribution is -1.83. The van der Waals surface area contributed by atoms with Crippen molar-refractivity contribution in [3.05, 3.63) is 34.9 Å². The van der Waals surface area contributed by atoms with Crippen LogP contribution >= 0.6 is 19.2 Å². The van der Waals surface area contributed by atoms with Crippen LogP contribution in [0.4, 0.5) is 0 Å². The molecule has 0 N–H and O–H groups in total. The zero-order valence-corrected chi connectivity index (χ0v) is 8.57. The van der Waals surface area contributed by atoms with Gasteiger partial charge in [-0.3, -0.25) is 0 Å². The normalized spacial score (nSPS) is 11.2. The first-order valence-electron chi connectivity index (χ1n) is 3.63. The number of benzene rings is 1. The van der Waals surface area contributed by atoms with E-state index in [9.17, 15) is 0 Å². The van der Waals surface area contributed by atoms with Crippen LogP contribution in [0.3, 0.4) is 0 Å². The van der Waals surface area contributed by atoms with Crippen LogP contribution in [-0.4, -0.2) is 0 Å². The monoisotopic (exact) mass is 186 g/mol. The molecule has 0 saturated heterocycles. The lowest BCUT2D eigenvalue weighted by molar-refractivity contribution is 1.28. The Kier molecular flexibility index (Phi) is 3.36. The van der Waals surface area contributed by atoms with E-state index in [0.717, 1.165) is 6.16 Å². The van der Waals surface area contributed by atoms with Gasteiger partial charge in [0, 0.05) is 6.16 Å². The van der Waals surface area contributed by atoms with Crippen LogP contribution in [0.1, 0.15) is 16.7 Å². The van der Waals surface area contributed by atoms with E-state index in [1.54, 1.807) is 0 Å². The highest BCUT2D eigenvalue weighted by atomic mass is 35.7. The summed E-state index contributed by atoms with van der Waals surface area (Å²) in [4.78, 5) is 0. The van der Waals surface area contributed by atoms with Gasteiger partial charge in [-0.15, -0.1) is 0 Å². The Morgan fingerprint density at radius 1 is 1.27 bits per heavy atom. The van der Waals surface area contributed by atoms with Crippen molar-refractivity contribution in [2.24, 2.45) is 0 Å². The second kappa shape index (κ2) is 4.09. The molecule has 60 valence electrons. The molecule has 0 aliphatic carbocycles. The standard InChI is InChI=1S/C9H12ClP/c1-7-3-4-9(6-11-10)5-8(7)2/h3-5,11H,6H2,1-2H3. The van der Waals surface area contributed by atoms with Gasteiger partial charge in [-0.25, -0.2) is 0 Å². The first-order valence-corrected chi connectivity index (χ1v) is 5.85. The number of hydrogen-bond acceptors (Lipinski definition) is 0. The van der Waals surface area contributed by atoms with Crippen LogP contribution < -0.4 is 0 Å². The van der Waals surface area contributed by atoms with Crippen molar-refractivity contribution < 1.29 is 0 Å². The zero-order chi connectivity index (χ0) is 8.27. The molecular weight excluding hydrogens is 175 g/mol. The molecule has 0 aliphatic heterocycles. The molecular formula is C9H12ClP. The third-order valence-electron chi connectivity index (χ3n) is 1.84. The Labute approximate surface area is 74.5 Å². The first-order chi connectivity index (χ1) is 5.24. The van der Waals surface area contributed by atoms with Gasteiger partial charge in [-0.05, 0) is 38.5 Å². The molecule has 0 fully saturated rings. The number of halogens is 1. The van der Waals surface area contributed by atoms with E-state index in [0.29, 0.717) is 7.93 Å². The molecule has 1 aromatic carbocycles. The fourth-order valence-electron chi connectivity index (χ4n) is 0.991. The highest BCUT2D eigenvalue weighted by Crippen LogP contribution is 2.23. The van der Waals surface area contributed by atoms with Gasteiger partial charge in [0.15, 0.2) is 0 Å². The summed E-state index contributed by atoms with van der Waals surface area (Å²) < 4.78 is 0. The molecule has 1 aromatic rings. The molecule has 0 aromatic heterocycles. The van der Waals surface area contributed by atoms with E-state index >= 15 is 0 Å². The maximum Gasteiger partial charge on any atom is 0.00385 e. The minimum atomic E-state index is 0.501. The van der Waals surface area contributed by atoms with Crippen LogP contribution in [0.15, 0.2) is 18.2 Å². The van der Waals surface area contributed by atoms with Crippen molar-refractivity contribution in [3.63, 3.8) is 0 Å². The fraction of sp³-hybridized carbons (Fsp3) is 0.333. The van der Waals surface area contributed by atoms with Gasteiger partial charge in [0.05, 0.1) is 0 Å². The lowest BCUT2D eigenvalue weighted by Gasteiger charge is -2.02. The van der Waals surface area contributed by atoms with E-state index in [1.165, 1.54) is 16.7 Å². The van der Waals surface area contributed by atoms with Crippen molar-refractivity contribution in [2.45, 2.75) is 20.0 Å². The smallest absolute Gasteiger partial charge is 0.00385 e. The van der Waals surface area contributed by atoms with Gasteiger partial charge in [0.25, 0.3) is 0 Å². The Bertz CT molecular complexity index is 245. The van der Waals surface area contributed by atoms with Crippen molar-refractivity contribution in [3.8, 4) is 0 Å². The van der Waals surface area contributed by atoms with Gasteiger partial charge in [-0.1, -0.05) is 29.4 Å². The minimum Gasteiger partial charge on any atom is -0.0997 e. The molecule has 0 saturated carbocycles. The quantitative estimate of drug-likeness (QED) is 0.619. The maximum atomic E-state index is 5.66. The van der Waals surface area contributed by atoms with E-state index in [2.05, 4.69) is 32.0 Å². The average molecular weight is 187 g/mol. The summed E-state index contributed by atoms with van der Waals surface area (Å²) in [6.45, 7) is 4.26. The van der Waals surface area contributed by atoms with Gasteiger partial charge in [0.1, 0.15) is 0 Å². The van der Waals surface area contributed by atoms with Crippen molar-refractivity contribution in [1.82, 2.24) is 0 Å². The third-order valence-corrected chi connectivity index (χ3v) is 2.79. The molecule has 0 heterocycles. The van der Waals surface area contributed by atoms with Crippen molar-refractivity contribution in [1.29, 1.82) is 0 Å². The summed E-state index contributed by atoms with van der Waals surface area (Å²) in [5.74, 6) is 0. The summed E-state index contributed by atoms with van der Waals surface area (Å²) in [6, 6.07) is 6.52. The molecule has 0 radical (unpaired) electrons. The van der Waals surface area contributed by atoms with Crippen LogP contribution in [-0.2, 0) is 6.16 Å². The minimum absolute atomic E-state index is 0.501. The Morgan fingerprint density at radius 3 is 2.55 bits per heavy atom. The molecule has 2 heteroatoms. The predicted molar refractivity (Wildman–Crippen MR) is 53.8 cm³/mol. The van der Waals surface area contributed by atoms with E-state index in [-0.39, 0.29) is 0 Å². The topological polar surface area (TPSA) is 0 Å². The van der Waals surface area contributed by atoms with E-state index in [4.69, 9.17) is 11.2 Å². The van der Waals surface area contributed by atoms with E-state index < -0.39 is 0 Å². The van der Waals surface area contributed by atoms with Crippen LogP contribution in [0.25, 0.3) is 0 Å². The largest absolute Gasteiger partial charge is 0.0997 e. The summed E-state index contributed by atoms with van der Waals surface area (Å²) in [6.07, 6.45) is 1.00. The molecule has 1 rings (SSSR count). The lowest BCUT2D eigenvalue weighted by atomic mass is 10.1. The van der Waals surface area contributed by atoms with Gasteiger partial charge in [0.2, 0.25) is 0 Å². The molecule has 1 unspecified atom stereocenters. The molecule has 0 nitrogen and oxygen atoms in total. The average Bonchev–Trinajstić information content (AvgIpc) is 1.98. The third kappa shape index (κ3) is 2.47. The molecule has 1 atom stereocenters. The molecule has 0 spiro atoms. The van der Waals surface area contributed by atoms with Crippen molar-refractivity contribution >= 4 is 19.2 Å². The van der Waals surface area contributed by atoms with Gasteiger partial charge >= 0.3 is 0 Å². The first kappa shape index (κ1) is 9.03. The second-order valence-electron chi connectivity index (χ2n) is 2.73. The number of aryl methyl sites for hydroxylation is 2. The molecule has 0 bridgehead atoms. The molecule has 0 aliphatic rings. The molecule has 0 amide bonds. The summed E-state index contributed by atoms with van der Waals surface area (Å²) in [5, 5.41) is 0. The molecule has 11 heavy (non-hydrogen) atoms. The van der Waals surface area contributed by atoms with Crippen LogP contribution in [0, 0.1) is 13.8 Å². The van der Waals surface area contributed by atoms with E-state index in [1.807, 2.05) is 0 Å². The highest BCUT2D eigenvalue weighted by Gasteiger charge is 1.94. The van der Waals surface area contributed by atoms with Crippen LogP contribution in [0.5, 0.6) is 0 Å². The predicted octanol–water partition coefficient (Wildman–Crippen LogP) is 3.64. The SMILES string of the molecule is Cc1ccc(CPCl)cc1C. The summed E-state index contributed by atoms with van der Waals surface area (Å²) >= 11 is 5.66. The van der Waals surface area contributed by atoms with Crippen molar-refractivity contribution in [2.75, 3.05) is 0 Å². The van der Waals surface area contributed by atoms with Gasteiger partial charge in [-0.2, -0.15) is 0 Å². The Balaban J connectivity index is 2.86. The summed E-state index contributed by atoms with van der Waals surface area (Å²) in [7, 11) is 0.501. The number of rotatable bonds is 2. The fourth-order valence-corrected chi connectivity index (χ4v) is 1.83. The second-order valence-corrected chi connectivity index (χ2v) is 4.15. The maximum absolute atomic E-state index is 5.66. The van der Waals surface area contributed by atoms with Crippen LogP contribution in [0.2, 0.25) is 0 Å².